The molecule has 1 aromatic carbocycles. The quantitative estimate of drug-likeness (QED) is 0.786. The van der Waals surface area contributed by atoms with Crippen LogP contribution in [0.1, 0.15) is 32.8 Å². The van der Waals surface area contributed by atoms with E-state index in [2.05, 4.69) is 23.4 Å². The van der Waals surface area contributed by atoms with Crippen LogP contribution in [-0.4, -0.2) is 15.0 Å². The van der Waals surface area contributed by atoms with Crippen molar-refractivity contribution in [2.75, 3.05) is 0 Å². The minimum absolute atomic E-state index is 0.171. The smallest absolute Gasteiger partial charge is 0.0972 e. The molecule has 0 amide bonds. The van der Waals surface area contributed by atoms with Crippen LogP contribution in [-0.2, 0) is 17.4 Å². The molecule has 1 rings (SSSR count). The van der Waals surface area contributed by atoms with Crippen molar-refractivity contribution in [3.8, 4) is 0 Å². The molecule has 2 nitrogen and oxygen atoms in total. The van der Waals surface area contributed by atoms with Crippen LogP contribution in [0.2, 0.25) is 0 Å². The van der Waals surface area contributed by atoms with E-state index in [1.807, 2.05) is 45.0 Å². The van der Waals surface area contributed by atoms with Gasteiger partial charge in [-0.25, -0.2) is 8.93 Å². The summed E-state index contributed by atoms with van der Waals surface area (Å²) in [6, 6.07) is 10.4. The monoisotopic (exact) mass is 265 g/mol. The predicted molar refractivity (Wildman–Crippen MR) is 79.8 cm³/mol. The number of hydrogen-bond donors (Lipinski definition) is 1. The van der Waals surface area contributed by atoms with Crippen molar-refractivity contribution in [2.45, 2.75) is 44.4 Å². The summed E-state index contributed by atoms with van der Waals surface area (Å²) >= 11 is 0. The van der Waals surface area contributed by atoms with Gasteiger partial charge in [0, 0.05) is 6.04 Å². The van der Waals surface area contributed by atoms with Crippen molar-refractivity contribution in [3.05, 3.63) is 48.6 Å². The molecule has 0 aliphatic rings. The summed E-state index contributed by atoms with van der Waals surface area (Å²) < 4.78 is 15.1. The molecule has 3 heteroatoms. The molecule has 0 spiro atoms. The summed E-state index contributed by atoms with van der Waals surface area (Å²) in [6.45, 7) is 9.70. The molecule has 0 heterocycles. The molecule has 100 valence electrons. The second-order valence-electron chi connectivity index (χ2n) is 5.41. The Morgan fingerprint density at radius 3 is 2.44 bits per heavy atom. The van der Waals surface area contributed by atoms with Gasteiger partial charge < -0.3 is 0 Å². The molecular formula is C15H23NOS. The zero-order chi connectivity index (χ0) is 13.6. The minimum Gasteiger partial charge on any atom is -0.242 e. The lowest BCUT2D eigenvalue weighted by molar-refractivity contribution is 0.583. The van der Waals surface area contributed by atoms with Crippen LogP contribution in [0, 0.1) is 0 Å². The Kier molecular flexibility index (Phi) is 5.76. The third kappa shape index (κ3) is 5.15. The van der Waals surface area contributed by atoms with Crippen molar-refractivity contribution in [1.29, 1.82) is 0 Å². The standard InChI is InChI=1S/C15H23NOS/c1-5-9-14(16-18(17)15(2,3)4)12-13-10-7-6-8-11-13/h5-8,10-11,14,16H,1,9,12H2,2-4H3/t14-,18+/m1/s1. The lowest BCUT2D eigenvalue weighted by atomic mass is 10.0. The first kappa shape index (κ1) is 15.1. The van der Waals surface area contributed by atoms with Crippen LogP contribution in [0.5, 0.6) is 0 Å². The fourth-order valence-corrected chi connectivity index (χ4v) is 2.44. The Labute approximate surface area is 113 Å². The molecule has 0 aliphatic carbocycles. The van der Waals surface area contributed by atoms with E-state index < -0.39 is 11.0 Å². The molecule has 1 aromatic rings. The van der Waals surface area contributed by atoms with Crippen molar-refractivity contribution in [3.63, 3.8) is 0 Å². The van der Waals surface area contributed by atoms with E-state index in [0.717, 1.165) is 12.8 Å². The van der Waals surface area contributed by atoms with E-state index in [0.29, 0.717) is 0 Å². The highest BCUT2D eigenvalue weighted by Gasteiger charge is 2.22. The van der Waals surface area contributed by atoms with Gasteiger partial charge in [-0.05, 0) is 39.2 Å². The largest absolute Gasteiger partial charge is 0.242 e. The van der Waals surface area contributed by atoms with Crippen LogP contribution in [0.4, 0.5) is 0 Å². The molecule has 0 bridgehead atoms. The Balaban J connectivity index is 2.66. The molecule has 0 fully saturated rings. The van der Waals surface area contributed by atoms with Gasteiger partial charge in [0.15, 0.2) is 0 Å². The van der Waals surface area contributed by atoms with E-state index in [1.165, 1.54) is 5.56 Å². The maximum Gasteiger partial charge on any atom is 0.0972 e. The van der Waals surface area contributed by atoms with Gasteiger partial charge >= 0.3 is 0 Å². The highest BCUT2D eigenvalue weighted by Crippen LogP contribution is 2.12. The van der Waals surface area contributed by atoms with Gasteiger partial charge in [0.05, 0.1) is 15.7 Å². The van der Waals surface area contributed by atoms with Crippen molar-refractivity contribution < 1.29 is 4.21 Å². The van der Waals surface area contributed by atoms with E-state index in [9.17, 15) is 4.21 Å². The maximum atomic E-state index is 12.1. The average Bonchev–Trinajstić information content (AvgIpc) is 2.29. The number of nitrogens with one attached hydrogen (secondary N) is 1. The van der Waals surface area contributed by atoms with Gasteiger partial charge in [0.1, 0.15) is 0 Å². The molecule has 0 unspecified atom stereocenters. The van der Waals surface area contributed by atoms with Crippen molar-refractivity contribution >= 4 is 11.0 Å². The van der Waals surface area contributed by atoms with Crippen LogP contribution in [0.15, 0.2) is 43.0 Å². The van der Waals surface area contributed by atoms with Gasteiger partial charge in [-0.2, -0.15) is 0 Å². The highest BCUT2D eigenvalue weighted by molar-refractivity contribution is 7.84. The summed E-state index contributed by atoms with van der Waals surface area (Å²) in [7, 11) is -1.04. The summed E-state index contributed by atoms with van der Waals surface area (Å²) in [4.78, 5) is 0. The molecule has 0 aliphatic heterocycles. The molecule has 0 aromatic heterocycles. The van der Waals surface area contributed by atoms with Crippen LogP contribution in [0.3, 0.4) is 0 Å². The van der Waals surface area contributed by atoms with Crippen molar-refractivity contribution in [2.24, 2.45) is 0 Å². The summed E-state index contributed by atoms with van der Waals surface area (Å²) in [5, 5.41) is 0. The predicted octanol–water partition coefficient (Wildman–Crippen LogP) is 3.23. The second-order valence-corrected chi connectivity index (χ2v) is 7.41. The average molecular weight is 265 g/mol. The zero-order valence-corrected chi connectivity index (χ0v) is 12.3. The van der Waals surface area contributed by atoms with Gasteiger partial charge in [-0.15, -0.1) is 6.58 Å². The Bertz CT molecular complexity index is 395. The maximum absolute atomic E-state index is 12.1. The molecule has 2 atom stereocenters. The molecule has 18 heavy (non-hydrogen) atoms. The number of rotatable bonds is 6. The number of benzene rings is 1. The Morgan fingerprint density at radius 2 is 1.94 bits per heavy atom. The minimum atomic E-state index is -1.04. The molecule has 0 saturated carbocycles. The van der Waals surface area contributed by atoms with Crippen molar-refractivity contribution in [1.82, 2.24) is 4.72 Å². The SMILES string of the molecule is C=CC[C@H](Cc1ccccc1)N[S@@](=O)C(C)(C)C. The first-order chi connectivity index (χ1) is 8.43. The summed E-state index contributed by atoms with van der Waals surface area (Å²) in [6.07, 6.45) is 3.56. The summed E-state index contributed by atoms with van der Waals surface area (Å²) in [5.41, 5.74) is 1.25. The summed E-state index contributed by atoms with van der Waals surface area (Å²) in [5.74, 6) is 0. The zero-order valence-electron chi connectivity index (χ0n) is 11.5. The normalized spacial score (nSPS) is 15.1. The Hall–Kier alpha value is -0.930. The molecule has 1 N–H and O–H groups in total. The van der Waals surface area contributed by atoms with Crippen LogP contribution >= 0.6 is 0 Å². The lowest BCUT2D eigenvalue weighted by Gasteiger charge is -2.23. The van der Waals surface area contributed by atoms with E-state index in [1.54, 1.807) is 0 Å². The van der Waals surface area contributed by atoms with E-state index in [4.69, 9.17) is 0 Å². The Morgan fingerprint density at radius 1 is 1.33 bits per heavy atom. The lowest BCUT2D eigenvalue weighted by Crippen LogP contribution is -2.40. The first-order valence-corrected chi connectivity index (χ1v) is 7.41. The second kappa shape index (κ2) is 6.86. The fourth-order valence-electron chi connectivity index (χ4n) is 1.60. The third-order valence-corrected chi connectivity index (χ3v) is 4.27. The van der Waals surface area contributed by atoms with E-state index >= 15 is 0 Å². The van der Waals surface area contributed by atoms with Crippen LogP contribution < -0.4 is 4.72 Å². The number of hydrogen-bond acceptors (Lipinski definition) is 1. The van der Waals surface area contributed by atoms with Gasteiger partial charge in [0.25, 0.3) is 0 Å². The first-order valence-electron chi connectivity index (χ1n) is 6.26. The molecular weight excluding hydrogens is 242 g/mol. The molecule has 0 saturated heterocycles. The van der Waals surface area contributed by atoms with Gasteiger partial charge in [-0.1, -0.05) is 36.4 Å². The highest BCUT2D eigenvalue weighted by atomic mass is 32.2. The third-order valence-electron chi connectivity index (χ3n) is 2.61. The van der Waals surface area contributed by atoms with E-state index in [-0.39, 0.29) is 10.8 Å². The fraction of sp³-hybridized carbons (Fsp3) is 0.467. The van der Waals surface area contributed by atoms with Gasteiger partial charge in [-0.3, -0.25) is 0 Å². The van der Waals surface area contributed by atoms with Crippen LogP contribution in [0.25, 0.3) is 0 Å². The van der Waals surface area contributed by atoms with Gasteiger partial charge in [0.2, 0.25) is 0 Å². The topological polar surface area (TPSA) is 29.1 Å². The molecule has 0 radical (unpaired) electrons.